The van der Waals surface area contributed by atoms with E-state index in [-0.39, 0.29) is 28.2 Å². The molecule has 0 fully saturated rings. The summed E-state index contributed by atoms with van der Waals surface area (Å²) in [5.74, 6) is -0.764. The van der Waals surface area contributed by atoms with Crippen molar-refractivity contribution in [3.63, 3.8) is 0 Å². The lowest BCUT2D eigenvalue weighted by molar-refractivity contribution is -0.119. The molecule has 3 nitrogen and oxygen atoms in total. The molecule has 2 aliphatic rings. The van der Waals surface area contributed by atoms with E-state index >= 15 is 0 Å². The lowest BCUT2D eigenvalue weighted by Crippen LogP contribution is -2.24. The number of ketones is 3. The molecule has 2 aliphatic carbocycles. The van der Waals surface area contributed by atoms with Gasteiger partial charge in [0.05, 0.1) is 10.5 Å². The number of hydrogen-bond acceptors (Lipinski definition) is 4. The van der Waals surface area contributed by atoms with E-state index in [1.165, 1.54) is 17.8 Å². The van der Waals surface area contributed by atoms with Crippen LogP contribution in [0.25, 0.3) is 0 Å². The molecule has 0 saturated carbocycles. The van der Waals surface area contributed by atoms with Crippen molar-refractivity contribution in [1.82, 2.24) is 0 Å². The number of carbonyl (C=O) groups excluding carboxylic acids is 3. The van der Waals surface area contributed by atoms with Crippen LogP contribution in [0.3, 0.4) is 0 Å². The first-order valence-electron chi connectivity index (χ1n) is 7.33. The third kappa shape index (κ3) is 3.43. The molecule has 0 atom stereocenters. The normalized spacial score (nSPS) is 19.8. The molecule has 0 bridgehead atoms. The minimum absolute atomic E-state index is 0.0810. The summed E-state index contributed by atoms with van der Waals surface area (Å²) in [5, 5.41) is 0.144. The summed E-state index contributed by atoms with van der Waals surface area (Å²) in [6.07, 6.45) is 6.83. The molecule has 4 heteroatoms. The van der Waals surface area contributed by atoms with Crippen molar-refractivity contribution < 1.29 is 14.4 Å². The van der Waals surface area contributed by atoms with E-state index in [0.29, 0.717) is 22.5 Å². The second-order valence-electron chi connectivity index (χ2n) is 5.70. The molecule has 0 amide bonds. The smallest absolute Gasteiger partial charge is 0.196 e. The second-order valence-corrected chi connectivity index (χ2v) is 7.28. The summed E-state index contributed by atoms with van der Waals surface area (Å²) in [6, 6.07) is 0. The van der Waals surface area contributed by atoms with Crippen LogP contribution >= 0.6 is 11.8 Å². The first kappa shape index (κ1) is 16.0. The van der Waals surface area contributed by atoms with E-state index in [1.807, 2.05) is 19.9 Å². The van der Waals surface area contributed by atoms with Gasteiger partial charge in [0.1, 0.15) is 0 Å². The number of Topliss-reactive ketones (excluding diaryl/α,β-unsaturated/α-hetero) is 2. The standard InChI is InChI=1S/C17H20O3S/c1-10(2)21-17-14(13(18)9-11(3)15(17)19)16(20)12-7-5-4-6-8-12/h7,9-10H,4-6,8H2,1-3H3. The van der Waals surface area contributed by atoms with E-state index < -0.39 is 0 Å². The maximum absolute atomic E-state index is 12.7. The Morgan fingerprint density at radius 2 is 1.95 bits per heavy atom. The lowest BCUT2D eigenvalue weighted by Gasteiger charge is -2.19. The molecule has 0 aromatic heterocycles. The minimum Gasteiger partial charge on any atom is -0.289 e. The summed E-state index contributed by atoms with van der Waals surface area (Å²) in [6.45, 7) is 5.53. The van der Waals surface area contributed by atoms with Crippen LogP contribution < -0.4 is 0 Å². The summed E-state index contributed by atoms with van der Waals surface area (Å²) < 4.78 is 0. The van der Waals surface area contributed by atoms with Crippen molar-refractivity contribution in [2.24, 2.45) is 0 Å². The number of rotatable bonds is 4. The van der Waals surface area contributed by atoms with Gasteiger partial charge in [0.2, 0.25) is 0 Å². The summed E-state index contributed by atoms with van der Waals surface area (Å²) in [5.41, 5.74) is 1.18. The fourth-order valence-corrected chi connectivity index (χ4v) is 3.56. The number of thioether (sulfide) groups is 1. The molecule has 0 radical (unpaired) electrons. The average molecular weight is 304 g/mol. The Balaban J connectivity index is 2.45. The van der Waals surface area contributed by atoms with Crippen molar-refractivity contribution in [3.05, 3.63) is 33.8 Å². The van der Waals surface area contributed by atoms with Gasteiger partial charge in [0.25, 0.3) is 0 Å². The van der Waals surface area contributed by atoms with Crippen LogP contribution in [0, 0.1) is 0 Å². The van der Waals surface area contributed by atoms with E-state index in [1.54, 1.807) is 6.92 Å². The molecule has 0 aliphatic heterocycles. The third-order valence-electron chi connectivity index (χ3n) is 3.55. The molecule has 21 heavy (non-hydrogen) atoms. The summed E-state index contributed by atoms with van der Waals surface area (Å²) >= 11 is 1.31. The lowest BCUT2D eigenvalue weighted by atomic mass is 9.88. The van der Waals surface area contributed by atoms with E-state index in [2.05, 4.69) is 0 Å². The molecule has 0 aromatic carbocycles. The predicted molar refractivity (Wildman–Crippen MR) is 85.1 cm³/mol. The van der Waals surface area contributed by atoms with Crippen LogP contribution in [0.4, 0.5) is 0 Å². The fraction of sp³-hybridized carbons (Fsp3) is 0.471. The van der Waals surface area contributed by atoms with Gasteiger partial charge in [-0.25, -0.2) is 0 Å². The highest BCUT2D eigenvalue weighted by molar-refractivity contribution is 8.04. The molecule has 0 heterocycles. The Morgan fingerprint density at radius 1 is 1.24 bits per heavy atom. The molecule has 0 N–H and O–H groups in total. The quantitative estimate of drug-likeness (QED) is 0.589. The molecule has 0 aromatic rings. The molecule has 2 rings (SSSR count). The number of allylic oxidation sites excluding steroid dienone is 6. The third-order valence-corrected chi connectivity index (χ3v) is 4.65. The molecule has 0 spiro atoms. The average Bonchev–Trinajstić information content (AvgIpc) is 2.44. The maximum Gasteiger partial charge on any atom is 0.196 e. The molecule has 112 valence electrons. The van der Waals surface area contributed by atoms with Gasteiger partial charge in [-0.05, 0) is 44.3 Å². The molecule has 0 saturated heterocycles. The van der Waals surface area contributed by atoms with Gasteiger partial charge in [-0.1, -0.05) is 19.9 Å². The van der Waals surface area contributed by atoms with E-state index in [9.17, 15) is 14.4 Å². The van der Waals surface area contributed by atoms with Crippen molar-refractivity contribution in [2.45, 2.75) is 51.7 Å². The first-order valence-corrected chi connectivity index (χ1v) is 8.21. The van der Waals surface area contributed by atoms with Crippen LogP contribution in [0.2, 0.25) is 0 Å². The highest BCUT2D eigenvalue weighted by atomic mass is 32.2. The van der Waals surface area contributed by atoms with Crippen LogP contribution in [-0.4, -0.2) is 22.6 Å². The van der Waals surface area contributed by atoms with Crippen LogP contribution in [0.5, 0.6) is 0 Å². The van der Waals surface area contributed by atoms with Gasteiger partial charge in [-0.3, -0.25) is 14.4 Å². The van der Waals surface area contributed by atoms with Crippen LogP contribution in [-0.2, 0) is 14.4 Å². The monoisotopic (exact) mass is 304 g/mol. The number of carbonyl (C=O) groups is 3. The first-order chi connectivity index (χ1) is 9.91. The Bertz CT molecular complexity index is 591. The van der Waals surface area contributed by atoms with Crippen LogP contribution in [0.15, 0.2) is 33.8 Å². The van der Waals surface area contributed by atoms with Crippen molar-refractivity contribution >= 4 is 29.1 Å². The zero-order chi connectivity index (χ0) is 15.6. The highest BCUT2D eigenvalue weighted by Crippen LogP contribution is 2.34. The van der Waals surface area contributed by atoms with Gasteiger partial charge in [-0.15, -0.1) is 11.8 Å². The van der Waals surface area contributed by atoms with Gasteiger partial charge in [0, 0.05) is 10.8 Å². The topological polar surface area (TPSA) is 51.2 Å². The Kier molecular flexibility index (Phi) is 4.99. The van der Waals surface area contributed by atoms with E-state index in [4.69, 9.17) is 0 Å². The van der Waals surface area contributed by atoms with Gasteiger partial charge in [0.15, 0.2) is 17.3 Å². The Hall–Kier alpha value is -1.42. The van der Waals surface area contributed by atoms with Gasteiger partial charge < -0.3 is 0 Å². The van der Waals surface area contributed by atoms with Crippen molar-refractivity contribution in [3.8, 4) is 0 Å². The van der Waals surface area contributed by atoms with Crippen LogP contribution in [0.1, 0.15) is 46.5 Å². The summed E-state index contributed by atoms with van der Waals surface area (Å²) in [4.78, 5) is 37.6. The van der Waals surface area contributed by atoms with Crippen molar-refractivity contribution in [1.29, 1.82) is 0 Å². The van der Waals surface area contributed by atoms with E-state index in [0.717, 1.165) is 19.3 Å². The SMILES string of the molecule is CC1=CC(=O)C(C(=O)C2=CCCCC2)=C(SC(C)C)C1=O. The maximum atomic E-state index is 12.7. The highest BCUT2D eigenvalue weighted by Gasteiger charge is 2.33. The predicted octanol–water partition coefficient (Wildman–Crippen LogP) is 3.55. The number of hydrogen-bond donors (Lipinski definition) is 0. The van der Waals surface area contributed by atoms with Crippen molar-refractivity contribution in [2.75, 3.05) is 0 Å². The largest absolute Gasteiger partial charge is 0.289 e. The zero-order valence-electron chi connectivity index (χ0n) is 12.7. The van der Waals surface area contributed by atoms with Gasteiger partial charge in [-0.2, -0.15) is 0 Å². The zero-order valence-corrected chi connectivity index (χ0v) is 13.5. The molecule has 0 unspecified atom stereocenters. The minimum atomic E-state index is -0.327. The Morgan fingerprint density at radius 3 is 2.52 bits per heavy atom. The van der Waals surface area contributed by atoms with Gasteiger partial charge >= 0.3 is 0 Å². The molecular weight excluding hydrogens is 284 g/mol. The molecular formula is C17H20O3S. The summed E-state index contributed by atoms with van der Waals surface area (Å²) in [7, 11) is 0. The Labute approximate surface area is 129 Å². The second kappa shape index (κ2) is 6.56. The fourth-order valence-electron chi connectivity index (χ4n) is 2.51.